The van der Waals surface area contributed by atoms with E-state index in [4.69, 9.17) is 10.5 Å². The Morgan fingerprint density at radius 3 is 2.95 bits per heavy atom. The molecule has 22 heavy (non-hydrogen) atoms. The molecule has 1 aromatic heterocycles. The van der Waals surface area contributed by atoms with Crippen LogP contribution in [0.5, 0.6) is 5.88 Å². The van der Waals surface area contributed by atoms with Gasteiger partial charge in [0.05, 0.1) is 7.11 Å². The third-order valence-electron chi connectivity index (χ3n) is 4.50. The quantitative estimate of drug-likeness (QED) is 0.941. The third-order valence-corrected chi connectivity index (χ3v) is 4.50. The molecule has 1 atom stereocenters. The van der Waals surface area contributed by atoms with Crippen LogP contribution in [0, 0.1) is 0 Å². The summed E-state index contributed by atoms with van der Waals surface area (Å²) >= 11 is 0. The zero-order chi connectivity index (χ0) is 15.5. The minimum Gasteiger partial charge on any atom is -0.481 e. The number of aromatic nitrogens is 1. The number of fused-ring (bicyclic) bond motifs is 1. The molecular weight excluding hydrogens is 274 g/mol. The van der Waals surface area contributed by atoms with Crippen LogP contribution in [0.3, 0.4) is 0 Å². The Morgan fingerprint density at radius 1 is 1.32 bits per heavy atom. The van der Waals surface area contributed by atoms with E-state index >= 15 is 0 Å². The summed E-state index contributed by atoms with van der Waals surface area (Å²) in [4.78, 5) is 6.59. The number of hydrogen-bond donors (Lipinski definition) is 1. The molecule has 3 rings (SSSR count). The first kappa shape index (κ1) is 14.9. The highest BCUT2D eigenvalue weighted by Crippen LogP contribution is 2.34. The predicted molar refractivity (Wildman–Crippen MR) is 90.0 cm³/mol. The number of benzene rings is 1. The van der Waals surface area contributed by atoms with Gasteiger partial charge in [-0.3, -0.25) is 0 Å². The van der Waals surface area contributed by atoms with E-state index in [0.29, 0.717) is 11.8 Å². The minimum atomic E-state index is 0.512. The molecule has 0 spiro atoms. The van der Waals surface area contributed by atoms with Gasteiger partial charge in [0.25, 0.3) is 0 Å². The molecule has 1 heterocycles. The summed E-state index contributed by atoms with van der Waals surface area (Å²) in [6.07, 6.45) is 3.56. The molecule has 0 fully saturated rings. The summed E-state index contributed by atoms with van der Waals surface area (Å²) in [5, 5.41) is 0. The van der Waals surface area contributed by atoms with Crippen molar-refractivity contribution in [2.24, 2.45) is 5.73 Å². The summed E-state index contributed by atoms with van der Waals surface area (Å²) < 4.78 is 5.21. The number of nitrogens with two attached hydrogens (primary N) is 1. The summed E-state index contributed by atoms with van der Waals surface area (Å²) in [7, 11) is 3.67. The van der Waals surface area contributed by atoms with Gasteiger partial charge in [0.15, 0.2) is 0 Å². The van der Waals surface area contributed by atoms with Gasteiger partial charge in [0, 0.05) is 18.8 Å². The first-order chi connectivity index (χ1) is 10.7. The molecule has 4 nitrogen and oxygen atoms in total. The number of aryl methyl sites for hydroxylation is 1. The lowest BCUT2D eigenvalue weighted by Gasteiger charge is -2.27. The molecule has 2 N–H and O–H groups in total. The van der Waals surface area contributed by atoms with Crippen LogP contribution in [0.25, 0.3) is 0 Å². The first-order valence-corrected chi connectivity index (χ1v) is 7.80. The maximum absolute atomic E-state index is 5.90. The zero-order valence-corrected chi connectivity index (χ0v) is 13.2. The lowest BCUT2D eigenvalue weighted by molar-refractivity contribution is 0.398. The van der Waals surface area contributed by atoms with E-state index in [9.17, 15) is 0 Å². The number of ether oxygens (including phenoxy) is 1. The Balaban J connectivity index is 1.91. The highest BCUT2D eigenvalue weighted by Gasteiger charge is 2.20. The van der Waals surface area contributed by atoms with Gasteiger partial charge in [-0.2, -0.15) is 4.98 Å². The van der Waals surface area contributed by atoms with Gasteiger partial charge in [-0.05, 0) is 61.1 Å². The van der Waals surface area contributed by atoms with Gasteiger partial charge in [-0.15, -0.1) is 0 Å². The fourth-order valence-corrected chi connectivity index (χ4v) is 3.19. The molecule has 0 saturated carbocycles. The normalized spacial score (nSPS) is 17.0. The van der Waals surface area contributed by atoms with Crippen LogP contribution in [0.4, 0.5) is 11.5 Å². The monoisotopic (exact) mass is 297 g/mol. The van der Waals surface area contributed by atoms with E-state index in [-0.39, 0.29) is 0 Å². The molecular formula is C18H23N3O. The number of hydrogen-bond acceptors (Lipinski definition) is 4. The maximum atomic E-state index is 5.90. The third kappa shape index (κ3) is 2.79. The Labute approximate surface area is 131 Å². The lowest BCUT2D eigenvalue weighted by atomic mass is 9.82. The van der Waals surface area contributed by atoms with Crippen LogP contribution < -0.4 is 15.4 Å². The van der Waals surface area contributed by atoms with Gasteiger partial charge in [0.2, 0.25) is 5.88 Å². The second kappa shape index (κ2) is 6.36. The van der Waals surface area contributed by atoms with Gasteiger partial charge >= 0.3 is 0 Å². The van der Waals surface area contributed by atoms with E-state index in [0.717, 1.165) is 24.5 Å². The van der Waals surface area contributed by atoms with Crippen molar-refractivity contribution < 1.29 is 4.74 Å². The van der Waals surface area contributed by atoms with Crippen LogP contribution in [0.1, 0.15) is 29.9 Å². The second-order valence-corrected chi connectivity index (χ2v) is 5.81. The van der Waals surface area contributed by atoms with Crippen LogP contribution in [-0.2, 0) is 6.42 Å². The van der Waals surface area contributed by atoms with Crippen molar-refractivity contribution in [3.05, 3.63) is 47.5 Å². The molecule has 1 aromatic carbocycles. The highest BCUT2D eigenvalue weighted by molar-refractivity contribution is 5.61. The van der Waals surface area contributed by atoms with Crippen molar-refractivity contribution in [2.45, 2.75) is 25.2 Å². The minimum absolute atomic E-state index is 0.512. The molecule has 116 valence electrons. The SMILES string of the molecule is COc1cccc(N(C)c2ccc3c(c2)CCC[C@H]3CN)n1. The standard InChI is InChI=1S/C18H23N3O/c1-21(17-7-4-8-18(20-17)22-2)15-9-10-16-13(11-15)5-3-6-14(16)12-19/h4,7-11,14H,3,5-6,12,19H2,1-2H3/t14-/m0/s1. The van der Waals surface area contributed by atoms with Crippen LogP contribution in [0.2, 0.25) is 0 Å². The molecule has 0 aliphatic heterocycles. The number of nitrogens with zero attached hydrogens (tertiary/aromatic N) is 2. The lowest BCUT2D eigenvalue weighted by Crippen LogP contribution is -2.19. The fourth-order valence-electron chi connectivity index (χ4n) is 3.19. The molecule has 4 heteroatoms. The number of methoxy groups -OCH3 is 1. The van der Waals surface area contributed by atoms with Crippen LogP contribution in [0.15, 0.2) is 36.4 Å². The van der Waals surface area contributed by atoms with E-state index < -0.39 is 0 Å². The van der Waals surface area contributed by atoms with Gasteiger partial charge in [-0.1, -0.05) is 12.1 Å². The first-order valence-electron chi connectivity index (χ1n) is 7.80. The molecule has 2 aromatic rings. The summed E-state index contributed by atoms with van der Waals surface area (Å²) in [5.41, 5.74) is 9.90. The summed E-state index contributed by atoms with van der Waals surface area (Å²) in [6, 6.07) is 12.5. The topological polar surface area (TPSA) is 51.4 Å². The van der Waals surface area contributed by atoms with Crippen molar-refractivity contribution in [3.8, 4) is 5.88 Å². The highest BCUT2D eigenvalue weighted by atomic mass is 16.5. The number of anilines is 2. The van der Waals surface area contributed by atoms with Crippen LogP contribution in [-0.4, -0.2) is 25.7 Å². The molecule has 0 unspecified atom stereocenters. The average Bonchev–Trinajstić information content (AvgIpc) is 2.60. The van der Waals surface area contributed by atoms with E-state index in [1.54, 1.807) is 7.11 Å². The van der Waals surface area contributed by atoms with Crippen molar-refractivity contribution in [1.29, 1.82) is 0 Å². The average molecular weight is 297 g/mol. The zero-order valence-electron chi connectivity index (χ0n) is 13.2. The molecule has 0 saturated heterocycles. The Bertz CT molecular complexity index is 657. The fraction of sp³-hybridized carbons (Fsp3) is 0.389. The Kier molecular flexibility index (Phi) is 4.29. The molecule has 1 aliphatic rings. The van der Waals surface area contributed by atoms with Crippen molar-refractivity contribution >= 4 is 11.5 Å². The second-order valence-electron chi connectivity index (χ2n) is 5.81. The molecule has 0 bridgehead atoms. The Hall–Kier alpha value is -2.07. The molecule has 0 amide bonds. The summed E-state index contributed by atoms with van der Waals surface area (Å²) in [5.74, 6) is 2.02. The van der Waals surface area contributed by atoms with Gasteiger partial charge < -0.3 is 15.4 Å². The Morgan fingerprint density at radius 2 is 2.18 bits per heavy atom. The van der Waals surface area contributed by atoms with E-state index in [2.05, 4.69) is 28.1 Å². The van der Waals surface area contributed by atoms with E-state index in [1.165, 1.54) is 24.0 Å². The van der Waals surface area contributed by atoms with Gasteiger partial charge in [0.1, 0.15) is 5.82 Å². The van der Waals surface area contributed by atoms with Crippen molar-refractivity contribution in [3.63, 3.8) is 0 Å². The van der Waals surface area contributed by atoms with Gasteiger partial charge in [-0.25, -0.2) is 0 Å². The maximum Gasteiger partial charge on any atom is 0.214 e. The largest absolute Gasteiger partial charge is 0.481 e. The van der Waals surface area contributed by atoms with Crippen molar-refractivity contribution in [2.75, 3.05) is 25.6 Å². The number of rotatable bonds is 4. The molecule has 0 radical (unpaired) electrons. The smallest absolute Gasteiger partial charge is 0.214 e. The number of pyridine rings is 1. The van der Waals surface area contributed by atoms with Crippen LogP contribution >= 0.6 is 0 Å². The molecule has 1 aliphatic carbocycles. The summed E-state index contributed by atoms with van der Waals surface area (Å²) in [6.45, 7) is 0.736. The van der Waals surface area contributed by atoms with E-state index in [1.807, 2.05) is 25.2 Å². The predicted octanol–water partition coefficient (Wildman–Crippen LogP) is 3.24. The van der Waals surface area contributed by atoms with Crippen molar-refractivity contribution in [1.82, 2.24) is 4.98 Å².